The first kappa shape index (κ1) is 12.0. The lowest BCUT2D eigenvalue weighted by atomic mass is 9.79. The summed E-state index contributed by atoms with van der Waals surface area (Å²) in [6, 6.07) is 12.6. The van der Waals surface area contributed by atoms with E-state index in [1.54, 1.807) is 0 Å². The lowest BCUT2D eigenvalue weighted by Crippen LogP contribution is -2.20. The molecule has 18 heavy (non-hydrogen) atoms. The maximum absolute atomic E-state index is 9.17. The SMILES string of the molecule is CC1(C)c2cc(Br)ccc2-c2ccc([B]O)cc21. The second-order valence-electron chi connectivity index (χ2n) is 5.25. The third kappa shape index (κ3) is 1.58. The van der Waals surface area contributed by atoms with Crippen molar-refractivity contribution in [2.24, 2.45) is 0 Å². The zero-order chi connectivity index (χ0) is 12.9. The normalized spacial score (nSPS) is 15.1. The molecular weight excluding hydrogens is 287 g/mol. The van der Waals surface area contributed by atoms with Crippen molar-refractivity contribution in [3.8, 4) is 11.1 Å². The van der Waals surface area contributed by atoms with Gasteiger partial charge in [-0.2, -0.15) is 0 Å². The Bertz CT molecular complexity index is 634. The van der Waals surface area contributed by atoms with Crippen molar-refractivity contribution < 1.29 is 5.02 Å². The average Bonchev–Trinajstić information content (AvgIpc) is 2.58. The first-order chi connectivity index (χ1) is 8.54. The van der Waals surface area contributed by atoms with Gasteiger partial charge in [-0.1, -0.05) is 59.5 Å². The van der Waals surface area contributed by atoms with Crippen LogP contribution in [0.1, 0.15) is 25.0 Å². The van der Waals surface area contributed by atoms with Crippen molar-refractivity contribution in [3.63, 3.8) is 0 Å². The Balaban J connectivity index is 2.31. The zero-order valence-electron chi connectivity index (χ0n) is 10.4. The summed E-state index contributed by atoms with van der Waals surface area (Å²) in [6.45, 7) is 4.45. The molecule has 1 aliphatic carbocycles. The van der Waals surface area contributed by atoms with Gasteiger partial charge in [-0.05, 0) is 34.4 Å². The van der Waals surface area contributed by atoms with Crippen molar-refractivity contribution >= 4 is 28.9 Å². The van der Waals surface area contributed by atoms with Crippen LogP contribution >= 0.6 is 15.9 Å². The number of rotatable bonds is 1. The molecule has 0 saturated heterocycles. The van der Waals surface area contributed by atoms with Crippen molar-refractivity contribution in [2.75, 3.05) is 0 Å². The summed E-state index contributed by atoms with van der Waals surface area (Å²) in [6.07, 6.45) is 0. The summed E-state index contributed by atoms with van der Waals surface area (Å²) < 4.78 is 1.11. The quantitative estimate of drug-likeness (QED) is 0.803. The molecule has 89 valence electrons. The van der Waals surface area contributed by atoms with Crippen LogP contribution in [0.2, 0.25) is 0 Å². The molecule has 0 aliphatic heterocycles. The van der Waals surface area contributed by atoms with Crippen LogP contribution in [0.3, 0.4) is 0 Å². The van der Waals surface area contributed by atoms with E-state index >= 15 is 0 Å². The molecule has 0 fully saturated rings. The van der Waals surface area contributed by atoms with E-state index < -0.39 is 0 Å². The molecule has 2 aromatic rings. The highest BCUT2D eigenvalue weighted by Gasteiger charge is 2.35. The number of hydrogen-bond acceptors (Lipinski definition) is 1. The Morgan fingerprint density at radius 2 is 1.61 bits per heavy atom. The molecule has 3 heteroatoms. The number of hydrogen-bond donors (Lipinski definition) is 1. The molecule has 1 aliphatic rings. The van der Waals surface area contributed by atoms with Gasteiger partial charge in [0.2, 0.25) is 0 Å². The van der Waals surface area contributed by atoms with Crippen molar-refractivity contribution in [1.82, 2.24) is 0 Å². The number of fused-ring (bicyclic) bond motifs is 3. The smallest absolute Gasteiger partial charge is 0.326 e. The Kier molecular flexibility index (Phi) is 2.65. The molecule has 0 heterocycles. The lowest BCUT2D eigenvalue weighted by molar-refractivity contribution is 0.615. The zero-order valence-corrected chi connectivity index (χ0v) is 12.0. The fourth-order valence-corrected chi connectivity index (χ4v) is 3.17. The molecule has 2 aromatic carbocycles. The summed E-state index contributed by atoms with van der Waals surface area (Å²) >= 11 is 3.54. The maximum atomic E-state index is 9.17. The molecule has 0 atom stereocenters. The van der Waals surface area contributed by atoms with E-state index in [-0.39, 0.29) is 5.41 Å². The summed E-state index contributed by atoms with van der Waals surface area (Å²) in [5.41, 5.74) is 6.01. The van der Waals surface area contributed by atoms with Gasteiger partial charge in [0.05, 0.1) is 0 Å². The van der Waals surface area contributed by atoms with Crippen LogP contribution in [0, 0.1) is 0 Å². The summed E-state index contributed by atoms with van der Waals surface area (Å²) in [5, 5.41) is 9.17. The maximum Gasteiger partial charge on any atom is 0.326 e. The summed E-state index contributed by atoms with van der Waals surface area (Å²) in [7, 11) is 1.16. The van der Waals surface area contributed by atoms with Crippen LogP contribution in [-0.2, 0) is 5.41 Å². The highest BCUT2D eigenvalue weighted by atomic mass is 79.9. The van der Waals surface area contributed by atoms with Crippen molar-refractivity contribution in [1.29, 1.82) is 0 Å². The van der Waals surface area contributed by atoms with E-state index in [1.165, 1.54) is 22.3 Å². The third-order valence-electron chi connectivity index (χ3n) is 3.81. The minimum atomic E-state index is -0.0204. The van der Waals surface area contributed by atoms with Gasteiger partial charge < -0.3 is 5.02 Å². The first-order valence-corrected chi connectivity index (χ1v) is 6.75. The van der Waals surface area contributed by atoms with Gasteiger partial charge >= 0.3 is 7.48 Å². The van der Waals surface area contributed by atoms with Crippen LogP contribution in [0.15, 0.2) is 40.9 Å². The predicted octanol–water partition coefficient (Wildman–Crippen LogP) is 2.99. The Labute approximate surface area is 116 Å². The Hall–Kier alpha value is -1.06. The van der Waals surface area contributed by atoms with Crippen LogP contribution in [0.25, 0.3) is 11.1 Å². The van der Waals surface area contributed by atoms with Gasteiger partial charge in [0.25, 0.3) is 0 Å². The molecule has 1 nitrogen and oxygen atoms in total. The summed E-state index contributed by atoms with van der Waals surface area (Å²) in [5.74, 6) is 0. The van der Waals surface area contributed by atoms with Gasteiger partial charge in [0.1, 0.15) is 0 Å². The molecule has 0 unspecified atom stereocenters. The third-order valence-corrected chi connectivity index (χ3v) is 4.30. The molecule has 0 spiro atoms. The van der Waals surface area contributed by atoms with Crippen molar-refractivity contribution in [2.45, 2.75) is 19.3 Å². The number of benzene rings is 2. The fourth-order valence-electron chi connectivity index (χ4n) is 2.81. The second-order valence-corrected chi connectivity index (χ2v) is 6.16. The van der Waals surface area contributed by atoms with E-state index in [0.717, 1.165) is 17.4 Å². The van der Waals surface area contributed by atoms with E-state index in [1.807, 2.05) is 6.07 Å². The monoisotopic (exact) mass is 299 g/mol. The second kappa shape index (κ2) is 3.97. The van der Waals surface area contributed by atoms with E-state index in [2.05, 4.69) is 60.1 Å². The van der Waals surface area contributed by atoms with Gasteiger partial charge in [-0.15, -0.1) is 0 Å². The minimum absolute atomic E-state index is 0.0204. The summed E-state index contributed by atoms with van der Waals surface area (Å²) in [4.78, 5) is 0. The van der Waals surface area contributed by atoms with Crippen LogP contribution < -0.4 is 5.46 Å². The van der Waals surface area contributed by atoms with E-state index in [9.17, 15) is 0 Å². The highest BCUT2D eigenvalue weighted by molar-refractivity contribution is 9.10. The fraction of sp³-hybridized carbons (Fsp3) is 0.200. The van der Waals surface area contributed by atoms with Crippen molar-refractivity contribution in [3.05, 3.63) is 52.0 Å². The molecule has 1 N–H and O–H groups in total. The molecule has 0 bridgehead atoms. The first-order valence-electron chi connectivity index (χ1n) is 5.96. The van der Waals surface area contributed by atoms with E-state index in [4.69, 9.17) is 5.02 Å². The minimum Gasteiger partial charge on any atom is -0.450 e. The van der Waals surface area contributed by atoms with Gasteiger partial charge in [-0.3, -0.25) is 0 Å². The standard InChI is InChI=1S/C15H13BBrO/c1-15(2)13-7-9(16-18)3-5-11(13)12-6-4-10(17)8-14(12)15/h3-8,18H,1-2H3. The van der Waals surface area contributed by atoms with Gasteiger partial charge in [0, 0.05) is 9.89 Å². The Morgan fingerprint density at radius 3 is 2.28 bits per heavy atom. The topological polar surface area (TPSA) is 20.2 Å². The molecule has 0 aromatic heterocycles. The predicted molar refractivity (Wildman–Crippen MR) is 79.3 cm³/mol. The highest BCUT2D eigenvalue weighted by Crippen LogP contribution is 2.48. The lowest BCUT2D eigenvalue weighted by Gasteiger charge is -2.22. The van der Waals surface area contributed by atoms with Crippen LogP contribution in [0.5, 0.6) is 0 Å². The van der Waals surface area contributed by atoms with Crippen LogP contribution in [-0.4, -0.2) is 12.5 Å². The Morgan fingerprint density at radius 1 is 1.00 bits per heavy atom. The molecule has 0 saturated carbocycles. The molecular formula is C15H13BBrO. The van der Waals surface area contributed by atoms with E-state index in [0.29, 0.717) is 0 Å². The molecule has 1 radical (unpaired) electrons. The molecule has 3 rings (SSSR count). The number of halogens is 1. The molecule has 0 amide bonds. The largest absolute Gasteiger partial charge is 0.450 e. The van der Waals surface area contributed by atoms with Gasteiger partial charge in [0.15, 0.2) is 0 Å². The van der Waals surface area contributed by atoms with Gasteiger partial charge in [-0.25, -0.2) is 0 Å². The average molecular weight is 300 g/mol. The van der Waals surface area contributed by atoms with Crippen LogP contribution in [0.4, 0.5) is 0 Å².